The van der Waals surface area contributed by atoms with Crippen LogP contribution in [-0.2, 0) is 4.74 Å². The topological polar surface area (TPSA) is 12.5 Å². The first-order valence-electron chi connectivity index (χ1n) is 6.59. The summed E-state index contributed by atoms with van der Waals surface area (Å²) in [6.45, 7) is 6.78. The second-order valence-electron chi connectivity index (χ2n) is 5.64. The van der Waals surface area contributed by atoms with E-state index >= 15 is 0 Å². The molecule has 16 heavy (non-hydrogen) atoms. The van der Waals surface area contributed by atoms with Gasteiger partial charge in [-0.05, 0) is 59.3 Å². The number of hydrogen-bond acceptors (Lipinski definition) is 1. The Balaban J connectivity index is 1.99. The zero-order chi connectivity index (χ0) is 11.6. The molecule has 0 N–H and O–H groups in total. The summed E-state index contributed by atoms with van der Waals surface area (Å²) < 4.78 is 5.85. The number of fused-ring (bicyclic) bond motifs is 1. The van der Waals surface area contributed by atoms with E-state index < -0.39 is 0 Å². The summed E-state index contributed by atoms with van der Waals surface area (Å²) in [7, 11) is 0. The van der Waals surface area contributed by atoms with Gasteiger partial charge in [-0.25, -0.2) is 0 Å². The molecule has 0 radical (unpaired) electrons. The minimum Gasteiger partial charge on any atom is -0.366 e. The molecule has 0 bridgehead atoms. The van der Waals surface area contributed by atoms with Crippen molar-refractivity contribution < 1.29 is 4.74 Å². The Morgan fingerprint density at radius 1 is 1.12 bits per heavy atom. The Bertz CT molecular complexity index is 313. The lowest BCUT2D eigenvalue weighted by Gasteiger charge is -2.07. The molecular formula is C15H24O. The van der Waals surface area contributed by atoms with Crippen molar-refractivity contribution in [2.24, 2.45) is 0 Å². The van der Waals surface area contributed by atoms with Crippen LogP contribution in [0, 0.1) is 0 Å². The molecule has 1 fully saturated rings. The van der Waals surface area contributed by atoms with Crippen molar-refractivity contribution in [2.75, 3.05) is 0 Å². The quantitative estimate of drug-likeness (QED) is 0.435. The normalized spacial score (nSPS) is 36.3. The van der Waals surface area contributed by atoms with E-state index in [4.69, 9.17) is 4.74 Å². The average Bonchev–Trinajstić information content (AvgIpc) is 2.85. The third-order valence-corrected chi connectivity index (χ3v) is 4.00. The summed E-state index contributed by atoms with van der Waals surface area (Å²) in [5.41, 5.74) is 3.26. The summed E-state index contributed by atoms with van der Waals surface area (Å²) >= 11 is 0. The Morgan fingerprint density at radius 2 is 1.81 bits per heavy atom. The van der Waals surface area contributed by atoms with Gasteiger partial charge in [0.05, 0.1) is 11.7 Å². The number of rotatable bonds is 0. The van der Waals surface area contributed by atoms with Crippen molar-refractivity contribution >= 4 is 0 Å². The highest BCUT2D eigenvalue weighted by Gasteiger charge is 2.50. The predicted octanol–water partition coefficient (Wildman–Crippen LogP) is 4.39. The van der Waals surface area contributed by atoms with Crippen LogP contribution >= 0.6 is 0 Å². The van der Waals surface area contributed by atoms with Gasteiger partial charge in [0.25, 0.3) is 0 Å². The van der Waals surface area contributed by atoms with Crippen LogP contribution < -0.4 is 0 Å². The maximum absolute atomic E-state index is 5.85. The van der Waals surface area contributed by atoms with Crippen molar-refractivity contribution in [3.8, 4) is 0 Å². The molecule has 2 unspecified atom stereocenters. The number of ether oxygens (including phenoxy) is 1. The molecule has 1 heteroatoms. The van der Waals surface area contributed by atoms with Crippen LogP contribution in [-0.4, -0.2) is 11.7 Å². The Labute approximate surface area is 99.6 Å². The van der Waals surface area contributed by atoms with E-state index in [1.807, 2.05) is 0 Å². The lowest BCUT2D eigenvalue weighted by molar-refractivity contribution is 0.295. The first-order valence-corrected chi connectivity index (χ1v) is 6.59. The molecule has 2 aliphatic rings. The van der Waals surface area contributed by atoms with Gasteiger partial charge >= 0.3 is 0 Å². The van der Waals surface area contributed by atoms with Crippen LogP contribution in [0.2, 0.25) is 0 Å². The highest BCUT2D eigenvalue weighted by atomic mass is 16.6. The van der Waals surface area contributed by atoms with Gasteiger partial charge in [0.15, 0.2) is 0 Å². The van der Waals surface area contributed by atoms with Gasteiger partial charge in [-0.3, -0.25) is 0 Å². The van der Waals surface area contributed by atoms with Gasteiger partial charge < -0.3 is 4.74 Å². The fourth-order valence-electron chi connectivity index (χ4n) is 2.59. The third-order valence-electron chi connectivity index (χ3n) is 4.00. The van der Waals surface area contributed by atoms with Crippen molar-refractivity contribution in [2.45, 2.75) is 71.0 Å². The highest BCUT2D eigenvalue weighted by Crippen LogP contribution is 2.43. The minimum absolute atomic E-state index is 0.191. The van der Waals surface area contributed by atoms with E-state index in [-0.39, 0.29) is 5.60 Å². The van der Waals surface area contributed by atoms with E-state index in [0.717, 1.165) is 0 Å². The van der Waals surface area contributed by atoms with Crippen molar-refractivity contribution in [3.63, 3.8) is 0 Å². The molecule has 2 rings (SSSR count). The Hall–Kier alpha value is -0.560. The number of allylic oxidation sites excluding steroid dienone is 4. The SMILES string of the molecule is CC1=CCCC2(C)OC2CCC(C)=CCC1. The molecule has 1 saturated heterocycles. The minimum atomic E-state index is 0.191. The maximum atomic E-state index is 5.85. The second kappa shape index (κ2) is 4.75. The van der Waals surface area contributed by atoms with Crippen molar-refractivity contribution in [1.82, 2.24) is 0 Å². The molecule has 1 aliphatic heterocycles. The van der Waals surface area contributed by atoms with Crippen LogP contribution in [0.3, 0.4) is 0 Å². The second-order valence-corrected chi connectivity index (χ2v) is 5.64. The fraction of sp³-hybridized carbons (Fsp3) is 0.733. The molecule has 0 aromatic rings. The molecule has 1 aliphatic carbocycles. The van der Waals surface area contributed by atoms with Crippen LogP contribution in [0.4, 0.5) is 0 Å². The third kappa shape index (κ3) is 2.98. The molecule has 1 nitrogen and oxygen atoms in total. The van der Waals surface area contributed by atoms with Crippen molar-refractivity contribution in [3.05, 3.63) is 23.3 Å². The van der Waals surface area contributed by atoms with E-state index in [9.17, 15) is 0 Å². The molecule has 0 aromatic heterocycles. The lowest BCUT2D eigenvalue weighted by atomic mass is 9.95. The van der Waals surface area contributed by atoms with E-state index in [1.54, 1.807) is 0 Å². The van der Waals surface area contributed by atoms with Crippen LogP contribution in [0.15, 0.2) is 23.3 Å². The fourth-order valence-corrected chi connectivity index (χ4v) is 2.59. The van der Waals surface area contributed by atoms with Gasteiger partial charge in [-0.1, -0.05) is 23.3 Å². The van der Waals surface area contributed by atoms with E-state index in [1.165, 1.54) is 49.7 Å². The molecule has 1 heterocycles. The first kappa shape index (κ1) is 11.9. The van der Waals surface area contributed by atoms with Gasteiger partial charge in [0.2, 0.25) is 0 Å². The molecule has 0 spiro atoms. The van der Waals surface area contributed by atoms with Crippen molar-refractivity contribution in [1.29, 1.82) is 0 Å². The number of epoxide rings is 1. The summed E-state index contributed by atoms with van der Waals surface area (Å²) in [6, 6.07) is 0. The van der Waals surface area contributed by atoms with Crippen LogP contribution in [0.5, 0.6) is 0 Å². The lowest BCUT2D eigenvalue weighted by Crippen LogP contribution is -2.09. The van der Waals surface area contributed by atoms with Gasteiger partial charge in [0, 0.05) is 0 Å². The largest absolute Gasteiger partial charge is 0.366 e. The summed E-state index contributed by atoms with van der Waals surface area (Å²) in [4.78, 5) is 0. The molecule has 2 atom stereocenters. The van der Waals surface area contributed by atoms with Gasteiger partial charge in [-0.2, -0.15) is 0 Å². The number of hydrogen-bond donors (Lipinski definition) is 0. The summed E-state index contributed by atoms with van der Waals surface area (Å²) in [6.07, 6.45) is 12.5. The Morgan fingerprint density at radius 3 is 2.62 bits per heavy atom. The summed E-state index contributed by atoms with van der Waals surface area (Å²) in [5, 5.41) is 0. The van der Waals surface area contributed by atoms with Gasteiger partial charge in [0.1, 0.15) is 0 Å². The highest BCUT2D eigenvalue weighted by molar-refractivity contribution is 5.09. The monoisotopic (exact) mass is 220 g/mol. The molecule has 90 valence electrons. The molecule has 0 aromatic carbocycles. The van der Waals surface area contributed by atoms with Crippen LogP contribution in [0.1, 0.15) is 59.3 Å². The molecule has 0 saturated carbocycles. The predicted molar refractivity (Wildman–Crippen MR) is 68.5 cm³/mol. The average molecular weight is 220 g/mol. The summed E-state index contributed by atoms with van der Waals surface area (Å²) in [5.74, 6) is 0. The van der Waals surface area contributed by atoms with Crippen LogP contribution in [0.25, 0.3) is 0 Å². The van der Waals surface area contributed by atoms with E-state index in [2.05, 4.69) is 32.9 Å². The molecular weight excluding hydrogens is 196 g/mol. The smallest absolute Gasteiger partial charge is 0.0923 e. The standard InChI is InChI=1S/C15H24O/c1-12-6-4-7-13(2)9-10-14-15(3,16-14)11-5-8-12/h7-8,14H,4-6,9-11H2,1-3H3. The maximum Gasteiger partial charge on any atom is 0.0923 e. The molecule has 0 amide bonds. The zero-order valence-corrected chi connectivity index (χ0v) is 10.9. The first-order chi connectivity index (χ1) is 7.60. The Kier molecular flexibility index (Phi) is 3.53. The zero-order valence-electron chi connectivity index (χ0n) is 10.9. The van der Waals surface area contributed by atoms with E-state index in [0.29, 0.717) is 6.10 Å². The van der Waals surface area contributed by atoms with Gasteiger partial charge in [-0.15, -0.1) is 0 Å².